The van der Waals surface area contributed by atoms with Crippen molar-refractivity contribution in [2.24, 2.45) is 0 Å². The van der Waals surface area contributed by atoms with E-state index < -0.39 is 0 Å². The summed E-state index contributed by atoms with van der Waals surface area (Å²) in [6.45, 7) is 5.04. The predicted molar refractivity (Wildman–Crippen MR) is 115 cm³/mol. The van der Waals surface area contributed by atoms with Crippen molar-refractivity contribution < 1.29 is 14.3 Å². The molecule has 0 aromatic carbocycles. The largest absolute Gasteiger partial charge is 0.368 e. The van der Waals surface area contributed by atoms with E-state index in [1.54, 1.807) is 31.1 Å². The van der Waals surface area contributed by atoms with E-state index in [0.717, 1.165) is 34.0 Å². The Balaban J connectivity index is 1.57. The quantitative estimate of drug-likeness (QED) is 0.665. The normalized spacial score (nSPS) is 16.2. The number of amides is 2. The van der Waals surface area contributed by atoms with Crippen LogP contribution in [0.5, 0.6) is 0 Å². The van der Waals surface area contributed by atoms with Crippen LogP contribution in [0, 0.1) is 13.8 Å². The molecule has 160 valence electrons. The second kappa shape index (κ2) is 8.86. The summed E-state index contributed by atoms with van der Waals surface area (Å²) in [5.74, 6) is -0.312. The summed E-state index contributed by atoms with van der Waals surface area (Å²) in [5, 5.41) is 6.50. The topological polar surface area (TPSA) is 110 Å². The number of carbonyl (C=O) groups is 2. The lowest BCUT2D eigenvalue weighted by Gasteiger charge is -2.32. The molecule has 0 bridgehead atoms. The molecule has 1 aliphatic rings. The Morgan fingerprint density at radius 3 is 2.74 bits per heavy atom. The SMILES string of the molecule is CNC(=O)c1ccc(-c2cc(C)nc([C@@H]3CN(C(=O)c4snnc4C)CCO3)c2)cn1. The zero-order chi connectivity index (χ0) is 22.0. The average Bonchev–Trinajstić information content (AvgIpc) is 3.23. The number of carbonyl (C=O) groups excluding carboxylic acids is 2. The van der Waals surface area contributed by atoms with Gasteiger partial charge in [0.1, 0.15) is 16.7 Å². The maximum atomic E-state index is 12.9. The number of nitrogens with one attached hydrogen (secondary N) is 1. The smallest absolute Gasteiger partial charge is 0.269 e. The van der Waals surface area contributed by atoms with Crippen LogP contribution in [0.3, 0.4) is 0 Å². The lowest BCUT2D eigenvalue weighted by Crippen LogP contribution is -2.42. The maximum absolute atomic E-state index is 12.9. The summed E-state index contributed by atoms with van der Waals surface area (Å²) >= 11 is 1.11. The van der Waals surface area contributed by atoms with Crippen LogP contribution in [-0.2, 0) is 4.74 Å². The molecule has 1 aliphatic heterocycles. The molecule has 4 rings (SSSR count). The van der Waals surface area contributed by atoms with Crippen LogP contribution >= 0.6 is 11.5 Å². The van der Waals surface area contributed by atoms with Gasteiger partial charge in [0.2, 0.25) is 0 Å². The molecular weight excluding hydrogens is 416 g/mol. The van der Waals surface area contributed by atoms with Crippen molar-refractivity contribution >= 4 is 23.3 Å². The first-order chi connectivity index (χ1) is 15.0. The Bertz CT molecular complexity index is 1110. The molecule has 2 amide bonds. The molecule has 0 radical (unpaired) electrons. The minimum atomic E-state index is -0.337. The Labute approximate surface area is 183 Å². The Morgan fingerprint density at radius 2 is 2.06 bits per heavy atom. The number of pyridine rings is 2. The van der Waals surface area contributed by atoms with Crippen molar-refractivity contribution in [1.82, 2.24) is 29.8 Å². The third-order valence-electron chi connectivity index (χ3n) is 5.06. The van der Waals surface area contributed by atoms with E-state index in [9.17, 15) is 9.59 Å². The van der Waals surface area contributed by atoms with Gasteiger partial charge in [-0.05, 0) is 49.1 Å². The molecule has 3 aromatic heterocycles. The highest BCUT2D eigenvalue weighted by atomic mass is 32.1. The lowest BCUT2D eigenvalue weighted by atomic mass is 10.0. The van der Waals surface area contributed by atoms with Crippen LogP contribution in [0.2, 0.25) is 0 Å². The Hall–Kier alpha value is -3.24. The van der Waals surface area contributed by atoms with E-state index in [4.69, 9.17) is 4.74 Å². The van der Waals surface area contributed by atoms with Gasteiger partial charge < -0.3 is 15.0 Å². The lowest BCUT2D eigenvalue weighted by molar-refractivity contribution is -0.0246. The zero-order valence-corrected chi connectivity index (χ0v) is 18.3. The number of ether oxygens (including phenoxy) is 1. The average molecular weight is 439 g/mol. The fraction of sp³-hybridized carbons (Fsp3) is 0.333. The first kappa shape index (κ1) is 21.0. The molecule has 0 aliphatic carbocycles. The number of aromatic nitrogens is 4. The number of nitrogens with zero attached hydrogens (tertiary/aromatic N) is 5. The monoisotopic (exact) mass is 438 g/mol. The first-order valence-electron chi connectivity index (χ1n) is 9.83. The van der Waals surface area contributed by atoms with Gasteiger partial charge in [0, 0.05) is 31.0 Å². The van der Waals surface area contributed by atoms with Gasteiger partial charge in [0.25, 0.3) is 11.8 Å². The van der Waals surface area contributed by atoms with Crippen molar-refractivity contribution in [3.05, 3.63) is 58.1 Å². The van der Waals surface area contributed by atoms with Gasteiger partial charge in [-0.15, -0.1) is 5.10 Å². The van der Waals surface area contributed by atoms with Crippen LogP contribution in [-0.4, -0.2) is 63.0 Å². The predicted octanol–water partition coefficient (Wildman–Crippen LogP) is 2.19. The highest BCUT2D eigenvalue weighted by Crippen LogP contribution is 2.28. The van der Waals surface area contributed by atoms with Crippen LogP contribution in [0.15, 0.2) is 30.5 Å². The molecular formula is C21H22N6O3S. The summed E-state index contributed by atoms with van der Waals surface area (Å²) in [5.41, 5.74) is 4.37. The van der Waals surface area contributed by atoms with Crippen molar-refractivity contribution in [2.45, 2.75) is 20.0 Å². The molecule has 1 atom stereocenters. The van der Waals surface area contributed by atoms with Crippen LogP contribution in [0.4, 0.5) is 0 Å². The van der Waals surface area contributed by atoms with E-state index in [1.807, 2.05) is 25.1 Å². The van der Waals surface area contributed by atoms with Gasteiger partial charge in [0.15, 0.2) is 0 Å². The van der Waals surface area contributed by atoms with E-state index in [0.29, 0.717) is 36.0 Å². The number of hydrogen-bond donors (Lipinski definition) is 1. The van der Waals surface area contributed by atoms with Crippen LogP contribution in [0.25, 0.3) is 11.1 Å². The van der Waals surface area contributed by atoms with Crippen molar-refractivity contribution in [3.63, 3.8) is 0 Å². The number of aryl methyl sites for hydroxylation is 2. The molecule has 10 heteroatoms. The van der Waals surface area contributed by atoms with Crippen molar-refractivity contribution in [3.8, 4) is 11.1 Å². The van der Waals surface area contributed by atoms with E-state index in [1.165, 1.54) is 0 Å². The van der Waals surface area contributed by atoms with Crippen LogP contribution in [0.1, 0.15) is 43.3 Å². The fourth-order valence-corrected chi connectivity index (χ4v) is 4.06. The number of rotatable bonds is 4. The molecule has 1 N–H and O–H groups in total. The molecule has 0 spiro atoms. The summed E-state index contributed by atoms with van der Waals surface area (Å²) < 4.78 is 9.81. The van der Waals surface area contributed by atoms with Crippen molar-refractivity contribution in [1.29, 1.82) is 0 Å². The molecule has 9 nitrogen and oxygen atoms in total. The standard InChI is InChI=1S/C21H22N6O3S/c1-12-8-15(14-4-5-16(23-10-14)20(28)22-3)9-17(24-12)18-11-27(6-7-30-18)21(29)19-13(2)25-26-31-19/h4-5,8-10,18H,6-7,11H2,1-3H3,(H,22,28)/t18-/m0/s1. The van der Waals surface area contributed by atoms with E-state index in [2.05, 4.69) is 24.9 Å². The summed E-state index contributed by atoms with van der Waals surface area (Å²) in [7, 11) is 1.57. The van der Waals surface area contributed by atoms with Crippen molar-refractivity contribution in [2.75, 3.05) is 26.7 Å². The first-order valence-corrected chi connectivity index (χ1v) is 10.6. The number of morpholine rings is 1. The van der Waals surface area contributed by atoms with Crippen LogP contribution < -0.4 is 5.32 Å². The summed E-state index contributed by atoms with van der Waals surface area (Å²) in [6.07, 6.45) is 1.33. The fourth-order valence-electron chi connectivity index (χ4n) is 3.44. The molecule has 0 saturated carbocycles. The summed E-state index contributed by atoms with van der Waals surface area (Å²) in [4.78, 5) is 35.8. The second-order valence-electron chi connectivity index (χ2n) is 7.23. The molecule has 1 fully saturated rings. The van der Waals surface area contributed by atoms with E-state index in [-0.39, 0.29) is 17.9 Å². The molecule has 0 unspecified atom stereocenters. The second-order valence-corrected chi connectivity index (χ2v) is 7.99. The molecule has 3 aromatic rings. The highest BCUT2D eigenvalue weighted by molar-refractivity contribution is 7.07. The summed E-state index contributed by atoms with van der Waals surface area (Å²) in [6, 6.07) is 7.44. The van der Waals surface area contributed by atoms with Gasteiger partial charge in [-0.25, -0.2) is 0 Å². The molecule has 4 heterocycles. The Kier molecular flexibility index (Phi) is 6.01. The highest BCUT2D eigenvalue weighted by Gasteiger charge is 2.29. The van der Waals surface area contributed by atoms with E-state index >= 15 is 0 Å². The zero-order valence-electron chi connectivity index (χ0n) is 17.5. The number of hydrogen-bond acceptors (Lipinski definition) is 8. The minimum absolute atomic E-state index is 0.0809. The van der Waals surface area contributed by atoms with Gasteiger partial charge in [0.05, 0.1) is 24.5 Å². The minimum Gasteiger partial charge on any atom is -0.368 e. The molecule has 1 saturated heterocycles. The third-order valence-corrected chi connectivity index (χ3v) is 5.87. The van der Waals surface area contributed by atoms with Gasteiger partial charge in [-0.1, -0.05) is 10.6 Å². The third kappa shape index (κ3) is 4.44. The maximum Gasteiger partial charge on any atom is 0.269 e. The Morgan fingerprint density at radius 1 is 1.23 bits per heavy atom. The molecule has 31 heavy (non-hydrogen) atoms. The van der Waals surface area contributed by atoms with Gasteiger partial charge >= 0.3 is 0 Å². The van der Waals surface area contributed by atoms with Gasteiger partial charge in [-0.2, -0.15) is 0 Å². The van der Waals surface area contributed by atoms with Gasteiger partial charge in [-0.3, -0.25) is 19.6 Å².